The van der Waals surface area contributed by atoms with E-state index in [2.05, 4.69) is 29.1 Å². The van der Waals surface area contributed by atoms with Gasteiger partial charge in [0, 0.05) is 25.7 Å². The van der Waals surface area contributed by atoms with Crippen molar-refractivity contribution in [2.45, 2.75) is 57.1 Å². The standard InChI is InChI=1S/C16H31N3O2/c1-3-14-6-4-5-9-19(14)12-15(20)17-13-16(21)7-10-18(2)11-8-16/h14,21H,3-13H2,1-2H3,(H,17,20)/t14-/m1/s1. The molecule has 1 amide bonds. The molecule has 2 fully saturated rings. The average molecular weight is 297 g/mol. The third kappa shape index (κ3) is 4.94. The van der Waals surface area contributed by atoms with E-state index in [0.717, 1.165) is 38.9 Å². The Hall–Kier alpha value is -0.650. The fourth-order valence-corrected chi connectivity index (χ4v) is 3.45. The molecule has 0 spiro atoms. The van der Waals surface area contributed by atoms with Crippen molar-refractivity contribution >= 4 is 5.91 Å². The molecule has 2 saturated heterocycles. The lowest BCUT2D eigenvalue weighted by Gasteiger charge is -2.37. The second-order valence-corrected chi connectivity index (χ2v) is 6.83. The maximum absolute atomic E-state index is 12.1. The summed E-state index contributed by atoms with van der Waals surface area (Å²) in [7, 11) is 2.07. The minimum absolute atomic E-state index is 0.0581. The molecule has 5 nitrogen and oxygen atoms in total. The second kappa shape index (κ2) is 7.56. The number of nitrogens with one attached hydrogen (secondary N) is 1. The molecule has 0 bridgehead atoms. The molecule has 0 aromatic carbocycles. The molecule has 0 saturated carbocycles. The quantitative estimate of drug-likeness (QED) is 0.789. The van der Waals surface area contributed by atoms with Gasteiger partial charge in [-0.15, -0.1) is 0 Å². The summed E-state index contributed by atoms with van der Waals surface area (Å²) in [6, 6.07) is 0.552. The molecule has 5 heteroatoms. The van der Waals surface area contributed by atoms with Crippen LogP contribution in [0.25, 0.3) is 0 Å². The number of carbonyl (C=O) groups excluding carboxylic acids is 1. The van der Waals surface area contributed by atoms with Gasteiger partial charge in [-0.25, -0.2) is 0 Å². The maximum Gasteiger partial charge on any atom is 0.234 e. The molecule has 2 aliphatic rings. The van der Waals surface area contributed by atoms with Gasteiger partial charge in [0.25, 0.3) is 0 Å². The van der Waals surface area contributed by atoms with E-state index in [1.165, 1.54) is 19.3 Å². The van der Waals surface area contributed by atoms with E-state index in [1.54, 1.807) is 0 Å². The molecule has 2 rings (SSSR count). The molecule has 2 aliphatic heterocycles. The minimum Gasteiger partial charge on any atom is -0.388 e. The molecular weight excluding hydrogens is 266 g/mol. The van der Waals surface area contributed by atoms with Gasteiger partial charge in [0.15, 0.2) is 0 Å². The molecule has 0 aromatic heterocycles. The van der Waals surface area contributed by atoms with E-state index >= 15 is 0 Å². The van der Waals surface area contributed by atoms with Gasteiger partial charge in [-0.05, 0) is 45.7 Å². The number of likely N-dealkylation sites (tertiary alicyclic amines) is 2. The highest BCUT2D eigenvalue weighted by atomic mass is 16.3. The summed E-state index contributed by atoms with van der Waals surface area (Å²) in [6.07, 6.45) is 6.28. The molecule has 21 heavy (non-hydrogen) atoms. The van der Waals surface area contributed by atoms with E-state index in [-0.39, 0.29) is 5.91 Å². The fraction of sp³-hybridized carbons (Fsp3) is 0.938. The lowest BCUT2D eigenvalue weighted by molar-refractivity contribution is -0.125. The summed E-state index contributed by atoms with van der Waals surface area (Å²) in [4.78, 5) is 16.7. The SMILES string of the molecule is CC[C@@H]1CCCCN1CC(=O)NCC1(O)CCN(C)CC1. The number of rotatable bonds is 5. The molecule has 0 unspecified atom stereocenters. The number of nitrogens with zero attached hydrogens (tertiary/aromatic N) is 2. The lowest BCUT2D eigenvalue weighted by atomic mass is 9.91. The van der Waals surface area contributed by atoms with Gasteiger partial charge in [0.05, 0.1) is 12.1 Å². The summed E-state index contributed by atoms with van der Waals surface area (Å²) in [5, 5.41) is 13.4. The average Bonchev–Trinajstić information content (AvgIpc) is 2.49. The third-order valence-electron chi connectivity index (χ3n) is 5.10. The van der Waals surface area contributed by atoms with Crippen molar-refractivity contribution in [1.29, 1.82) is 0 Å². The van der Waals surface area contributed by atoms with Crippen LogP contribution in [-0.4, -0.2) is 72.2 Å². The van der Waals surface area contributed by atoms with Crippen LogP contribution in [0.2, 0.25) is 0 Å². The third-order valence-corrected chi connectivity index (χ3v) is 5.10. The number of hydrogen-bond acceptors (Lipinski definition) is 4. The molecular formula is C16H31N3O2. The van der Waals surface area contributed by atoms with Crippen LogP contribution in [0.1, 0.15) is 45.4 Å². The number of aliphatic hydroxyl groups is 1. The van der Waals surface area contributed by atoms with E-state index in [0.29, 0.717) is 19.1 Å². The second-order valence-electron chi connectivity index (χ2n) is 6.83. The van der Waals surface area contributed by atoms with Gasteiger partial charge in [0.2, 0.25) is 5.91 Å². The summed E-state index contributed by atoms with van der Waals surface area (Å²) in [5.41, 5.74) is -0.714. The molecule has 2 heterocycles. The highest BCUT2D eigenvalue weighted by Gasteiger charge is 2.31. The van der Waals surface area contributed by atoms with Crippen LogP contribution in [0.3, 0.4) is 0 Å². The van der Waals surface area contributed by atoms with Crippen LogP contribution < -0.4 is 5.32 Å². The van der Waals surface area contributed by atoms with Crippen molar-refractivity contribution in [3.63, 3.8) is 0 Å². The van der Waals surface area contributed by atoms with Gasteiger partial charge in [0.1, 0.15) is 0 Å². The Morgan fingerprint density at radius 1 is 1.29 bits per heavy atom. The summed E-state index contributed by atoms with van der Waals surface area (Å²) < 4.78 is 0. The van der Waals surface area contributed by atoms with Crippen LogP contribution in [0, 0.1) is 0 Å². The van der Waals surface area contributed by atoms with Crippen LogP contribution in [-0.2, 0) is 4.79 Å². The predicted octanol–water partition coefficient (Wildman–Crippen LogP) is 0.824. The summed E-state index contributed by atoms with van der Waals surface area (Å²) >= 11 is 0. The van der Waals surface area contributed by atoms with Crippen molar-refractivity contribution in [2.75, 3.05) is 39.8 Å². The van der Waals surface area contributed by atoms with Crippen LogP contribution in [0.4, 0.5) is 0 Å². The number of carbonyl (C=O) groups is 1. The predicted molar refractivity (Wildman–Crippen MR) is 84.2 cm³/mol. The molecule has 0 aromatic rings. The Morgan fingerprint density at radius 2 is 2.00 bits per heavy atom. The first kappa shape index (κ1) is 16.7. The first-order valence-electron chi connectivity index (χ1n) is 8.44. The molecule has 0 radical (unpaired) electrons. The Bertz CT molecular complexity index is 340. The van der Waals surface area contributed by atoms with Gasteiger partial charge in [-0.1, -0.05) is 13.3 Å². The fourth-order valence-electron chi connectivity index (χ4n) is 3.45. The normalized spacial score (nSPS) is 27.5. The van der Waals surface area contributed by atoms with Gasteiger partial charge in [-0.2, -0.15) is 0 Å². The minimum atomic E-state index is -0.714. The molecule has 2 N–H and O–H groups in total. The van der Waals surface area contributed by atoms with E-state index in [1.807, 2.05) is 0 Å². The van der Waals surface area contributed by atoms with E-state index in [4.69, 9.17) is 0 Å². The molecule has 1 atom stereocenters. The zero-order valence-electron chi connectivity index (χ0n) is 13.6. The highest BCUT2D eigenvalue weighted by Crippen LogP contribution is 2.21. The molecule has 0 aliphatic carbocycles. The van der Waals surface area contributed by atoms with Crippen molar-refractivity contribution in [3.8, 4) is 0 Å². The number of piperidine rings is 2. The van der Waals surface area contributed by atoms with Gasteiger partial charge in [-0.3, -0.25) is 9.69 Å². The van der Waals surface area contributed by atoms with E-state index in [9.17, 15) is 9.90 Å². The Balaban J connectivity index is 1.74. The lowest BCUT2D eigenvalue weighted by Crippen LogP contribution is -2.52. The van der Waals surface area contributed by atoms with Crippen molar-refractivity contribution < 1.29 is 9.90 Å². The monoisotopic (exact) mass is 297 g/mol. The van der Waals surface area contributed by atoms with E-state index < -0.39 is 5.60 Å². The van der Waals surface area contributed by atoms with Gasteiger partial charge < -0.3 is 15.3 Å². The van der Waals surface area contributed by atoms with Crippen molar-refractivity contribution in [1.82, 2.24) is 15.1 Å². The first-order chi connectivity index (χ1) is 10.0. The smallest absolute Gasteiger partial charge is 0.234 e. The highest BCUT2D eigenvalue weighted by molar-refractivity contribution is 5.78. The first-order valence-corrected chi connectivity index (χ1v) is 8.44. The van der Waals surface area contributed by atoms with Crippen molar-refractivity contribution in [2.24, 2.45) is 0 Å². The molecule has 122 valence electrons. The summed E-state index contributed by atoms with van der Waals surface area (Å²) in [5.74, 6) is 0.0581. The number of hydrogen-bond donors (Lipinski definition) is 2. The zero-order valence-corrected chi connectivity index (χ0v) is 13.6. The Labute approximate surface area is 128 Å². The topological polar surface area (TPSA) is 55.8 Å². The zero-order chi connectivity index (χ0) is 15.3. The van der Waals surface area contributed by atoms with Crippen LogP contribution >= 0.6 is 0 Å². The Kier molecular flexibility index (Phi) is 6.02. The summed E-state index contributed by atoms with van der Waals surface area (Å²) in [6.45, 7) is 5.90. The van der Waals surface area contributed by atoms with Crippen LogP contribution in [0.5, 0.6) is 0 Å². The Morgan fingerprint density at radius 3 is 2.67 bits per heavy atom. The largest absolute Gasteiger partial charge is 0.388 e. The maximum atomic E-state index is 12.1. The van der Waals surface area contributed by atoms with Crippen LogP contribution in [0.15, 0.2) is 0 Å². The van der Waals surface area contributed by atoms with Gasteiger partial charge >= 0.3 is 0 Å². The van der Waals surface area contributed by atoms with Crippen molar-refractivity contribution in [3.05, 3.63) is 0 Å². The number of amides is 1.